The maximum absolute atomic E-state index is 5.81. The minimum Gasteiger partial charge on any atom is -0.476 e. The standard InChI is InChI=1S/C10H11IO/c1-7-4-3-5-8-6-10(2,11)12-9(7)8/h3-5H,6H2,1-2H3. The van der Waals surface area contributed by atoms with Gasteiger partial charge in [-0.1, -0.05) is 18.2 Å². The third kappa shape index (κ3) is 1.32. The van der Waals surface area contributed by atoms with Crippen LogP contribution in [-0.2, 0) is 6.42 Å². The molecule has 0 amide bonds. The molecular weight excluding hydrogens is 263 g/mol. The molecule has 1 aliphatic rings. The smallest absolute Gasteiger partial charge is 0.160 e. The highest BCUT2D eigenvalue weighted by atomic mass is 127. The van der Waals surface area contributed by atoms with Gasteiger partial charge >= 0.3 is 0 Å². The van der Waals surface area contributed by atoms with Gasteiger partial charge in [0.05, 0.1) is 0 Å². The second kappa shape index (κ2) is 2.62. The van der Waals surface area contributed by atoms with Crippen molar-refractivity contribution < 1.29 is 4.74 Å². The van der Waals surface area contributed by atoms with Crippen molar-refractivity contribution in [3.63, 3.8) is 0 Å². The van der Waals surface area contributed by atoms with Crippen LogP contribution in [0.5, 0.6) is 5.75 Å². The minimum atomic E-state index is -0.0355. The van der Waals surface area contributed by atoms with Crippen LogP contribution in [0, 0.1) is 6.92 Å². The van der Waals surface area contributed by atoms with Crippen molar-refractivity contribution in [3.8, 4) is 5.75 Å². The fraction of sp³-hybridized carbons (Fsp3) is 0.400. The quantitative estimate of drug-likeness (QED) is 0.522. The highest BCUT2D eigenvalue weighted by molar-refractivity contribution is 14.1. The maximum Gasteiger partial charge on any atom is 0.160 e. The average Bonchev–Trinajstić information content (AvgIpc) is 2.25. The Bertz CT molecular complexity index is 318. The Morgan fingerprint density at radius 3 is 2.92 bits per heavy atom. The van der Waals surface area contributed by atoms with Crippen molar-refractivity contribution in [2.24, 2.45) is 0 Å². The van der Waals surface area contributed by atoms with Crippen LogP contribution in [0.2, 0.25) is 0 Å². The Morgan fingerprint density at radius 1 is 1.50 bits per heavy atom. The van der Waals surface area contributed by atoms with Crippen LogP contribution in [0.1, 0.15) is 18.1 Å². The van der Waals surface area contributed by atoms with Crippen molar-refractivity contribution in [3.05, 3.63) is 29.3 Å². The molecule has 1 aromatic rings. The van der Waals surface area contributed by atoms with Gasteiger partial charge in [0.25, 0.3) is 0 Å². The SMILES string of the molecule is Cc1cccc2c1OC(C)(I)C2. The van der Waals surface area contributed by atoms with E-state index in [1.165, 1.54) is 11.1 Å². The van der Waals surface area contributed by atoms with E-state index < -0.39 is 0 Å². The summed E-state index contributed by atoms with van der Waals surface area (Å²) in [6.45, 7) is 4.21. The summed E-state index contributed by atoms with van der Waals surface area (Å²) in [5.41, 5.74) is 2.58. The highest BCUT2D eigenvalue weighted by Gasteiger charge is 2.32. The minimum absolute atomic E-state index is 0.0355. The van der Waals surface area contributed by atoms with E-state index in [-0.39, 0.29) is 3.61 Å². The second-order valence-electron chi connectivity index (χ2n) is 3.44. The van der Waals surface area contributed by atoms with Gasteiger partial charge in [-0.05, 0) is 47.6 Å². The molecule has 2 heteroatoms. The first-order valence-corrected chi connectivity index (χ1v) is 5.13. The number of ether oxygens (including phenoxy) is 1. The monoisotopic (exact) mass is 274 g/mol. The molecule has 0 fully saturated rings. The summed E-state index contributed by atoms with van der Waals surface area (Å²) in [7, 11) is 0. The van der Waals surface area contributed by atoms with Gasteiger partial charge in [0.2, 0.25) is 0 Å². The topological polar surface area (TPSA) is 9.23 Å². The molecular formula is C10H11IO. The van der Waals surface area contributed by atoms with Gasteiger partial charge in [-0.2, -0.15) is 0 Å². The maximum atomic E-state index is 5.81. The molecule has 0 bridgehead atoms. The van der Waals surface area contributed by atoms with Crippen molar-refractivity contribution >= 4 is 22.6 Å². The molecule has 0 aromatic heterocycles. The summed E-state index contributed by atoms with van der Waals surface area (Å²) < 4.78 is 5.78. The molecule has 0 spiro atoms. The van der Waals surface area contributed by atoms with Gasteiger partial charge in [0.15, 0.2) is 3.61 Å². The van der Waals surface area contributed by atoms with Crippen LogP contribution in [0.25, 0.3) is 0 Å². The Balaban J connectivity index is 2.48. The third-order valence-electron chi connectivity index (χ3n) is 2.11. The van der Waals surface area contributed by atoms with Crippen LogP contribution >= 0.6 is 22.6 Å². The fourth-order valence-corrected chi connectivity index (χ4v) is 2.22. The molecule has 12 heavy (non-hydrogen) atoms. The first kappa shape index (κ1) is 8.35. The molecule has 1 unspecified atom stereocenters. The number of hydrogen-bond donors (Lipinski definition) is 0. The molecule has 0 saturated carbocycles. The van der Waals surface area contributed by atoms with E-state index in [9.17, 15) is 0 Å². The molecule has 1 aromatic carbocycles. The summed E-state index contributed by atoms with van der Waals surface area (Å²) in [5, 5.41) is 0. The van der Waals surface area contributed by atoms with Crippen molar-refractivity contribution in [1.29, 1.82) is 0 Å². The molecule has 64 valence electrons. The van der Waals surface area contributed by atoms with E-state index in [0.717, 1.165) is 12.2 Å². The summed E-state index contributed by atoms with van der Waals surface area (Å²) in [5.74, 6) is 1.09. The summed E-state index contributed by atoms with van der Waals surface area (Å²) in [6, 6.07) is 6.33. The zero-order valence-corrected chi connectivity index (χ0v) is 9.38. The summed E-state index contributed by atoms with van der Waals surface area (Å²) >= 11 is 2.36. The molecule has 1 atom stereocenters. The first-order valence-electron chi connectivity index (χ1n) is 4.05. The lowest BCUT2D eigenvalue weighted by Crippen LogP contribution is -2.20. The number of fused-ring (bicyclic) bond motifs is 1. The Hall–Kier alpha value is -0.250. The number of hydrogen-bond acceptors (Lipinski definition) is 1. The lowest BCUT2D eigenvalue weighted by atomic mass is 10.1. The zero-order valence-electron chi connectivity index (χ0n) is 7.23. The first-order chi connectivity index (χ1) is 5.58. The van der Waals surface area contributed by atoms with E-state index in [2.05, 4.69) is 54.6 Å². The molecule has 0 radical (unpaired) electrons. The Labute approximate surface area is 86.3 Å². The van der Waals surface area contributed by atoms with Crippen LogP contribution < -0.4 is 4.74 Å². The van der Waals surface area contributed by atoms with Gasteiger partial charge < -0.3 is 4.74 Å². The molecule has 0 aliphatic carbocycles. The predicted octanol–water partition coefficient (Wildman–Crippen LogP) is 3.08. The molecule has 1 heterocycles. The number of para-hydroxylation sites is 1. The van der Waals surface area contributed by atoms with E-state index in [1.807, 2.05) is 0 Å². The van der Waals surface area contributed by atoms with Gasteiger partial charge in [0.1, 0.15) is 5.75 Å². The van der Waals surface area contributed by atoms with Gasteiger partial charge in [-0.15, -0.1) is 0 Å². The van der Waals surface area contributed by atoms with Crippen LogP contribution in [0.3, 0.4) is 0 Å². The molecule has 1 aliphatic heterocycles. The van der Waals surface area contributed by atoms with Crippen LogP contribution in [0.4, 0.5) is 0 Å². The molecule has 1 nitrogen and oxygen atoms in total. The van der Waals surface area contributed by atoms with E-state index in [1.54, 1.807) is 0 Å². The number of benzene rings is 1. The van der Waals surface area contributed by atoms with E-state index in [4.69, 9.17) is 4.74 Å². The van der Waals surface area contributed by atoms with Crippen molar-refractivity contribution in [1.82, 2.24) is 0 Å². The average molecular weight is 274 g/mol. The number of rotatable bonds is 0. The summed E-state index contributed by atoms with van der Waals surface area (Å²) in [6.07, 6.45) is 1.02. The van der Waals surface area contributed by atoms with Crippen molar-refractivity contribution in [2.75, 3.05) is 0 Å². The molecule has 0 N–H and O–H groups in total. The number of aryl methyl sites for hydroxylation is 1. The molecule has 2 rings (SSSR count). The van der Waals surface area contributed by atoms with Gasteiger partial charge in [0, 0.05) is 6.42 Å². The second-order valence-corrected chi connectivity index (χ2v) is 5.73. The van der Waals surface area contributed by atoms with Crippen LogP contribution in [-0.4, -0.2) is 3.61 Å². The largest absolute Gasteiger partial charge is 0.476 e. The Morgan fingerprint density at radius 2 is 2.25 bits per heavy atom. The van der Waals surface area contributed by atoms with Crippen molar-refractivity contribution in [2.45, 2.75) is 23.9 Å². The highest BCUT2D eigenvalue weighted by Crippen LogP contribution is 2.40. The predicted molar refractivity (Wildman–Crippen MR) is 57.9 cm³/mol. The van der Waals surface area contributed by atoms with Gasteiger partial charge in [-0.25, -0.2) is 0 Å². The zero-order chi connectivity index (χ0) is 8.77. The lowest BCUT2D eigenvalue weighted by molar-refractivity contribution is 0.235. The van der Waals surface area contributed by atoms with Crippen LogP contribution in [0.15, 0.2) is 18.2 Å². The lowest BCUT2D eigenvalue weighted by Gasteiger charge is -2.15. The molecule has 0 saturated heterocycles. The third-order valence-corrected chi connectivity index (χ3v) is 2.72. The number of alkyl halides is 1. The fourth-order valence-electron chi connectivity index (χ4n) is 1.59. The van der Waals surface area contributed by atoms with E-state index in [0.29, 0.717) is 0 Å². The Kier molecular flexibility index (Phi) is 1.82. The number of halogens is 1. The summed E-state index contributed by atoms with van der Waals surface area (Å²) in [4.78, 5) is 0. The van der Waals surface area contributed by atoms with Gasteiger partial charge in [-0.3, -0.25) is 0 Å². The van der Waals surface area contributed by atoms with E-state index >= 15 is 0 Å². The normalized spacial score (nSPS) is 26.6.